The molecule has 5 aromatic rings. The molecule has 35 heavy (non-hydrogen) atoms. The molecule has 0 unspecified atom stereocenters. The fraction of sp³-hybridized carbons (Fsp3) is 0.148. The van der Waals surface area contributed by atoms with Crippen LogP contribution in [0.5, 0.6) is 5.75 Å². The molecule has 3 heterocycles. The number of hydrogen-bond donors (Lipinski definition) is 1. The van der Waals surface area contributed by atoms with E-state index in [2.05, 4.69) is 9.97 Å². The van der Waals surface area contributed by atoms with Crippen molar-refractivity contribution in [3.63, 3.8) is 0 Å². The largest absolute Gasteiger partial charge is 0.493 e. The normalized spacial score (nSPS) is 11.0. The van der Waals surface area contributed by atoms with Crippen LogP contribution in [0, 0.1) is 6.92 Å². The number of nitrogens with zero attached hydrogens (tertiary/aromatic N) is 3. The van der Waals surface area contributed by atoms with E-state index in [0.717, 1.165) is 39.0 Å². The molecule has 176 valence electrons. The van der Waals surface area contributed by atoms with Crippen LogP contribution in [0.25, 0.3) is 16.6 Å². The van der Waals surface area contributed by atoms with Crippen LogP contribution in [-0.4, -0.2) is 32.2 Å². The molecule has 0 atom stereocenters. The second-order valence-corrected chi connectivity index (χ2v) is 8.91. The highest BCUT2D eigenvalue weighted by Gasteiger charge is 2.16. The first-order valence-corrected chi connectivity index (χ1v) is 12.0. The molecule has 3 aromatic heterocycles. The maximum atomic E-state index is 11.8. The zero-order valence-corrected chi connectivity index (χ0v) is 19.9. The van der Waals surface area contributed by atoms with Gasteiger partial charge in [0.2, 0.25) is 5.89 Å². The lowest BCUT2D eigenvalue weighted by molar-refractivity contribution is 0.0696. The van der Waals surface area contributed by atoms with Crippen LogP contribution in [0.15, 0.2) is 83.0 Å². The second-order valence-electron chi connectivity index (χ2n) is 8.03. The summed E-state index contributed by atoms with van der Waals surface area (Å²) in [6.07, 6.45) is 6.23. The summed E-state index contributed by atoms with van der Waals surface area (Å²) in [5.74, 6) is 1.16. The summed E-state index contributed by atoms with van der Waals surface area (Å²) in [5.41, 5.74) is 3.76. The molecule has 2 aromatic carbocycles. The predicted molar refractivity (Wildman–Crippen MR) is 134 cm³/mol. The monoisotopic (exact) mass is 485 g/mol. The standard InChI is InChI=1S/C27H23N3O4S/c1-18-24(29-25(34-18)20-7-3-2-4-8-20)10-12-33-22-9-5-6-19(15-22)14-21-16-30(17-23(21)26(31)32)27-28-11-13-35-27/h2-9,11,13,15-17H,10,12,14H2,1H3,(H,31,32). The van der Waals surface area contributed by atoms with Crippen LogP contribution in [0.3, 0.4) is 0 Å². The molecule has 0 spiro atoms. The van der Waals surface area contributed by atoms with Crippen molar-refractivity contribution >= 4 is 17.3 Å². The number of hydrogen-bond acceptors (Lipinski definition) is 6. The SMILES string of the molecule is Cc1oc(-c2ccccc2)nc1CCOc1cccc(Cc2cn(-c3nccs3)cc2C(=O)O)c1. The Kier molecular flexibility index (Phi) is 6.45. The molecule has 0 saturated carbocycles. The number of ether oxygens (including phenoxy) is 1. The average Bonchev–Trinajstić information content (AvgIpc) is 3.61. The van der Waals surface area contributed by atoms with Gasteiger partial charge in [-0.15, -0.1) is 11.3 Å². The van der Waals surface area contributed by atoms with Crippen molar-refractivity contribution in [1.29, 1.82) is 0 Å². The number of carbonyl (C=O) groups is 1. The summed E-state index contributed by atoms with van der Waals surface area (Å²) >= 11 is 1.45. The Morgan fingerprint density at radius 2 is 2.00 bits per heavy atom. The van der Waals surface area contributed by atoms with E-state index in [4.69, 9.17) is 9.15 Å². The highest BCUT2D eigenvalue weighted by molar-refractivity contribution is 7.12. The van der Waals surface area contributed by atoms with Gasteiger partial charge in [0.15, 0.2) is 5.13 Å². The number of oxazole rings is 1. The van der Waals surface area contributed by atoms with Crippen molar-refractivity contribution in [2.24, 2.45) is 0 Å². The molecule has 0 radical (unpaired) electrons. The number of aryl methyl sites for hydroxylation is 1. The number of rotatable bonds is 9. The van der Waals surface area contributed by atoms with Gasteiger partial charge in [0.05, 0.1) is 17.9 Å². The van der Waals surface area contributed by atoms with Gasteiger partial charge < -0.3 is 14.3 Å². The lowest BCUT2D eigenvalue weighted by atomic mass is 10.0. The van der Waals surface area contributed by atoms with E-state index in [9.17, 15) is 9.90 Å². The van der Waals surface area contributed by atoms with Crippen molar-refractivity contribution in [3.8, 4) is 22.3 Å². The number of carboxylic acid groups (broad SMARTS) is 1. The second kappa shape index (κ2) is 9.99. The summed E-state index contributed by atoms with van der Waals surface area (Å²) in [5, 5.41) is 12.3. The van der Waals surface area contributed by atoms with Crippen molar-refractivity contribution < 1.29 is 19.1 Å². The molecular weight excluding hydrogens is 462 g/mol. The smallest absolute Gasteiger partial charge is 0.337 e. The average molecular weight is 486 g/mol. The topological polar surface area (TPSA) is 90.4 Å². The number of aromatic nitrogens is 3. The minimum atomic E-state index is -0.958. The van der Waals surface area contributed by atoms with Gasteiger partial charge in [0.25, 0.3) is 0 Å². The van der Waals surface area contributed by atoms with Gasteiger partial charge >= 0.3 is 5.97 Å². The van der Waals surface area contributed by atoms with Crippen LogP contribution in [-0.2, 0) is 12.8 Å². The fourth-order valence-corrected chi connectivity index (χ4v) is 4.47. The van der Waals surface area contributed by atoms with E-state index < -0.39 is 5.97 Å². The molecule has 1 N–H and O–H groups in total. The summed E-state index contributed by atoms with van der Waals surface area (Å²) in [6, 6.07) is 17.5. The van der Waals surface area contributed by atoms with Gasteiger partial charge in [0, 0.05) is 36.0 Å². The Labute approximate surface area is 206 Å². The Morgan fingerprint density at radius 3 is 2.77 bits per heavy atom. The van der Waals surface area contributed by atoms with Crippen LogP contribution >= 0.6 is 11.3 Å². The Bertz CT molecular complexity index is 1440. The molecule has 0 saturated heterocycles. The highest BCUT2D eigenvalue weighted by Crippen LogP contribution is 2.24. The first kappa shape index (κ1) is 22.6. The zero-order valence-electron chi connectivity index (χ0n) is 19.0. The van der Waals surface area contributed by atoms with Crippen LogP contribution in [0.4, 0.5) is 0 Å². The Hall–Kier alpha value is -4.17. The molecular formula is C27H23N3O4S. The van der Waals surface area contributed by atoms with Gasteiger partial charge in [-0.25, -0.2) is 14.8 Å². The third-order valence-corrected chi connectivity index (χ3v) is 6.38. The van der Waals surface area contributed by atoms with Crippen LogP contribution in [0.1, 0.15) is 32.9 Å². The molecule has 0 aliphatic rings. The van der Waals surface area contributed by atoms with Crippen molar-refractivity contribution in [2.45, 2.75) is 19.8 Å². The van der Waals surface area contributed by atoms with Crippen molar-refractivity contribution in [2.75, 3.05) is 6.61 Å². The van der Waals surface area contributed by atoms with Crippen molar-refractivity contribution in [3.05, 3.63) is 107 Å². The van der Waals surface area contributed by atoms with Crippen molar-refractivity contribution in [1.82, 2.24) is 14.5 Å². The van der Waals surface area contributed by atoms with Gasteiger partial charge in [-0.1, -0.05) is 30.3 Å². The minimum absolute atomic E-state index is 0.266. The van der Waals surface area contributed by atoms with Gasteiger partial charge in [-0.3, -0.25) is 4.57 Å². The highest BCUT2D eigenvalue weighted by atomic mass is 32.1. The number of thiazole rings is 1. The number of aromatic carboxylic acids is 1. The summed E-state index contributed by atoms with van der Waals surface area (Å²) < 4.78 is 13.6. The summed E-state index contributed by atoms with van der Waals surface area (Å²) in [4.78, 5) is 20.7. The van der Waals surface area contributed by atoms with Crippen LogP contribution < -0.4 is 4.74 Å². The lowest BCUT2D eigenvalue weighted by Crippen LogP contribution is -2.03. The van der Waals surface area contributed by atoms with Gasteiger partial charge in [-0.05, 0) is 48.7 Å². The molecule has 0 amide bonds. The van der Waals surface area contributed by atoms with E-state index in [1.54, 1.807) is 17.0 Å². The molecule has 8 heteroatoms. The lowest BCUT2D eigenvalue weighted by Gasteiger charge is -2.08. The number of carboxylic acids is 1. The van der Waals surface area contributed by atoms with E-state index >= 15 is 0 Å². The predicted octanol–water partition coefficient (Wildman–Crippen LogP) is 5.81. The van der Waals surface area contributed by atoms with E-state index in [1.165, 1.54) is 11.3 Å². The Balaban J connectivity index is 1.25. The maximum Gasteiger partial charge on any atom is 0.337 e. The number of benzene rings is 2. The first-order valence-electron chi connectivity index (χ1n) is 11.1. The zero-order chi connectivity index (χ0) is 24.2. The first-order chi connectivity index (χ1) is 17.1. The minimum Gasteiger partial charge on any atom is -0.493 e. The maximum absolute atomic E-state index is 11.8. The van der Waals surface area contributed by atoms with E-state index in [0.29, 0.717) is 25.3 Å². The molecule has 0 aliphatic carbocycles. The van der Waals surface area contributed by atoms with E-state index in [1.807, 2.05) is 73.1 Å². The molecule has 0 bridgehead atoms. The van der Waals surface area contributed by atoms with Gasteiger partial charge in [0.1, 0.15) is 11.5 Å². The summed E-state index contributed by atoms with van der Waals surface area (Å²) in [7, 11) is 0. The molecule has 7 nitrogen and oxygen atoms in total. The third kappa shape index (κ3) is 5.17. The molecule has 0 aliphatic heterocycles. The quantitative estimate of drug-likeness (QED) is 0.283. The molecule has 5 rings (SSSR count). The van der Waals surface area contributed by atoms with Crippen LogP contribution in [0.2, 0.25) is 0 Å². The third-order valence-electron chi connectivity index (χ3n) is 5.59. The fourth-order valence-electron chi connectivity index (χ4n) is 3.88. The molecule has 0 fully saturated rings. The summed E-state index contributed by atoms with van der Waals surface area (Å²) in [6.45, 7) is 2.36. The Morgan fingerprint density at radius 1 is 1.14 bits per heavy atom. The van der Waals surface area contributed by atoms with Gasteiger partial charge in [-0.2, -0.15) is 0 Å². The van der Waals surface area contributed by atoms with E-state index in [-0.39, 0.29) is 5.56 Å².